The molecule has 13 heteroatoms. The Bertz CT molecular complexity index is 1990. The van der Waals surface area contributed by atoms with Crippen LogP contribution in [0.2, 0.25) is 0 Å². The molecule has 1 aliphatic rings. The predicted octanol–water partition coefficient (Wildman–Crippen LogP) is 6.74. The van der Waals surface area contributed by atoms with E-state index in [2.05, 4.69) is 19.8 Å². The van der Waals surface area contributed by atoms with Crippen molar-refractivity contribution in [3.05, 3.63) is 112 Å². The Morgan fingerprint density at radius 3 is 2.57 bits per heavy atom. The number of aromatic nitrogens is 4. The predicted molar refractivity (Wildman–Crippen MR) is 157 cm³/mol. The molecule has 0 radical (unpaired) electrons. The third-order valence-corrected chi connectivity index (χ3v) is 7.45. The number of rotatable bonds is 10. The maximum atomic E-state index is 15.6. The summed E-state index contributed by atoms with van der Waals surface area (Å²) in [5, 5.41) is 0. The van der Waals surface area contributed by atoms with Gasteiger partial charge >= 0.3 is 5.97 Å². The number of hydrogen-bond donors (Lipinski definition) is 0. The van der Waals surface area contributed by atoms with E-state index in [0.29, 0.717) is 12.2 Å². The van der Waals surface area contributed by atoms with Crippen molar-refractivity contribution in [2.75, 3.05) is 13.2 Å². The fraction of sp³-hybridized carbons (Fsp3) is 0.242. The van der Waals surface area contributed by atoms with Crippen LogP contribution in [0.15, 0.2) is 54.7 Å². The first-order valence-corrected chi connectivity index (χ1v) is 14.3. The summed E-state index contributed by atoms with van der Waals surface area (Å²) in [6.45, 7) is 9.52. The van der Waals surface area contributed by atoms with Crippen LogP contribution in [0.1, 0.15) is 40.7 Å². The van der Waals surface area contributed by atoms with E-state index in [1.165, 1.54) is 24.4 Å². The van der Waals surface area contributed by atoms with E-state index >= 15 is 13.2 Å². The highest BCUT2D eigenvalue weighted by Crippen LogP contribution is 2.31. The summed E-state index contributed by atoms with van der Waals surface area (Å²) in [4.78, 5) is 28.0. The SMILES string of the molecule is [C-]#[N+]c1ccc(COc2ccc(F)c(-c3cc(F)c(Cc4nc5c(F)cc(C(=O)OCC)cc5n4C[C@@H]4CCO4)cc3F)n2)cn1. The van der Waals surface area contributed by atoms with E-state index in [4.69, 9.17) is 20.8 Å². The standard InChI is InChI=1S/C33H25F4N5O4/c1-3-44-33(43)20-11-26(37)32-27(12-20)42(16-21-8-9-45-21)29(40-32)13-19-10-25(36)22(14-24(19)35)31-23(34)5-7-30(41-31)46-17-18-4-6-28(38-2)39-15-18/h4-7,10-12,14-15,21H,3,8-9,13,16-17H2,1H3/t21-/m0/s1. The third-order valence-electron chi connectivity index (χ3n) is 7.45. The second-order valence-electron chi connectivity index (χ2n) is 10.5. The summed E-state index contributed by atoms with van der Waals surface area (Å²) in [5.74, 6) is -3.77. The number of halogens is 4. The van der Waals surface area contributed by atoms with Crippen LogP contribution in [-0.2, 0) is 29.0 Å². The molecule has 46 heavy (non-hydrogen) atoms. The number of ether oxygens (including phenoxy) is 3. The van der Waals surface area contributed by atoms with Gasteiger partial charge in [0.1, 0.15) is 47.3 Å². The zero-order chi connectivity index (χ0) is 32.4. The molecule has 3 aromatic heterocycles. The molecule has 0 spiro atoms. The van der Waals surface area contributed by atoms with Gasteiger partial charge in [-0.25, -0.2) is 32.3 Å². The molecule has 1 atom stereocenters. The number of hydrogen-bond acceptors (Lipinski definition) is 7. The van der Waals surface area contributed by atoms with E-state index in [0.717, 1.165) is 30.7 Å². The summed E-state index contributed by atoms with van der Waals surface area (Å²) >= 11 is 0. The molecule has 0 saturated carbocycles. The van der Waals surface area contributed by atoms with Crippen LogP contribution in [0.25, 0.3) is 27.1 Å². The molecule has 0 bridgehead atoms. The average Bonchev–Trinajstić information content (AvgIpc) is 3.37. The molecule has 6 rings (SSSR count). The molecule has 4 heterocycles. The molecule has 0 unspecified atom stereocenters. The Labute approximate surface area is 260 Å². The molecule has 1 fully saturated rings. The molecule has 1 aliphatic heterocycles. The molecular weight excluding hydrogens is 606 g/mol. The maximum absolute atomic E-state index is 15.6. The van der Waals surface area contributed by atoms with Crippen LogP contribution >= 0.6 is 0 Å². The number of nitrogens with zero attached hydrogens (tertiary/aromatic N) is 5. The highest BCUT2D eigenvalue weighted by atomic mass is 19.1. The topological polar surface area (TPSA) is 92.7 Å². The smallest absolute Gasteiger partial charge is 0.338 e. The second kappa shape index (κ2) is 12.9. The van der Waals surface area contributed by atoms with Crippen molar-refractivity contribution >= 4 is 22.8 Å². The fourth-order valence-corrected chi connectivity index (χ4v) is 5.03. The number of carbonyl (C=O) groups excluding carboxylic acids is 1. The zero-order valence-corrected chi connectivity index (χ0v) is 24.4. The quantitative estimate of drug-likeness (QED) is 0.0958. The van der Waals surface area contributed by atoms with Gasteiger partial charge in [-0.3, -0.25) is 0 Å². The molecule has 234 valence electrons. The summed E-state index contributed by atoms with van der Waals surface area (Å²) < 4.78 is 78.8. The van der Waals surface area contributed by atoms with E-state index in [1.54, 1.807) is 17.6 Å². The Kier molecular flexibility index (Phi) is 8.63. The van der Waals surface area contributed by atoms with Crippen molar-refractivity contribution in [3.63, 3.8) is 0 Å². The van der Waals surface area contributed by atoms with E-state index in [9.17, 15) is 9.18 Å². The van der Waals surface area contributed by atoms with Crippen molar-refractivity contribution in [1.82, 2.24) is 19.5 Å². The molecule has 9 nitrogen and oxygen atoms in total. The minimum atomic E-state index is -0.945. The van der Waals surface area contributed by atoms with Gasteiger partial charge in [-0.15, -0.1) is 4.98 Å². The largest absolute Gasteiger partial charge is 0.473 e. The first kappa shape index (κ1) is 30.7. The summed E-state index contributed by atoms with van der Waals surface area (Å²) in [5.41, 5.74) is -0.131. The molecule has 0 aliphatic carbocycles. The number of esters is 1. The van der Waals surface area contributed by atoms with Crippen LogP contribution in [0, 0.1) is 29.8 Å². The average molecular weight is 632 g/mol. The fourth-order valence-electron chi connectivity index (χ4n) is 5.03. The minimum absolute atomic E-state index is 0.00604. The molecule has 0 N–H and O–H groups in total. The van der Waals surface area contributed by atoms with Gasteiger partial charge in [0.05, 0.1) is 30.3 Å². The van der Waals surface area contributed by atoms with Gasteiger partial charge in [-0.05, 0) is 55.3 Å². The maximum Gasteiger partial charge on any atom is 0.338 e. The van der Waals surface area contributed by atoms with E-state index in [-0.39, 0.29) is 72.0 Å². The Morgan fingerprint density at radius 2 is 1.87 bits per heavy atom. The van der Waals surface area contributed by atoms with Crippen LogP contribution in [0.5, 0.6) is 5.88 Å². The van der Waals surface area contributed by atoms with Crippen molar-refractivity contribution in [2.24, 2.45) is 0 Å². The van der Waals surface area contributed by atoms with Gasteiger partial charge in [0, 0.05) is 30.2 Å². The first-order valence-electron chi connectivity index (χ1n) is 14.3. The van der Waals surface area contributed by atoms with Crippen molar-refractivity contribution in [3.8, 4) is 17.1 Å². The lowest BCUT2D eigenvalue weighted by Crippen LogP contribution is -2.31. The van der Waals surface area contributed by atoms with Gasteiger partial charge in [0.2, 0.25) is 5.88 Å². The minimum Gasteiger partial charge on any atom is -0.473 e. The van der Waals surface area contributed by atoms with Gasteiger partial charge in [0.15, 0.2) is 5.82 Å². The Morgan fingerprint density at radius 1 is 1.04 bits per heavy atom. The lowest BCUT2D eigenvalue weighted by atomic mass is 10.0. The highest BCUT2D eigenvalue weighted by Gasteiger charge is 2.25. The highest BCUT2D eigenvalue weighted by molar-refractivity contribution is 5.94. The van der Waals surface area contributed by atoms with Crippen molar-refractivity contribution in [2.45, 2.75) is 39.0 Å². The van der Waals surface area contributed by atoms with Crippen LogP contribution < -0.4 is 4.74 Å². The lowest BCUT2D eigenvalue weighted by molar-refractivity contribution is -0.0589. The third kappa shape index (κ3) is 6.25. The van der Waals surface area contributed by atoms with Crippen LogP contribution in [0.4, 0.5) is 23.4 Å². The summed E-state index contributed by atoms with van der Waals surface area (Å²) in [7, 11) is 0. The van der Waals surface area contributed by atoms with Crippen LogP contribution in [-0.4, -0.2) is 44.8 Å². The van der Waals surface area contributed by atoms with Crippen molar-refractivity contribution < 1.29 is 36.6 Å². The van der Waals surface area contributed by atoms with E-state index in [1.807, 2.05) is 0 Å². The van der Waals surface area contributed by atoms with Crippen molar-refractivity contribution in [1.29, 1.82) is 0 Å². The normalized spacial score (nSPS) is 14.1. The lowest BCUT2D eigenvalue weighted by Gasteiger charge is -2.27. The molecule has 2 aromatic carbocycles. The van der Waals surface area contributed by atoms with Gasteiger partial charge in [0.25, 0.3) is 5.82 Å². The van der Waals surface area contributed by atoms with Crippen LogP contribution in [0.3, 0.4) is 0 Å². The molecule has 0 amide bonds. The number of pyridine rings is 2. The Balaban J connectivity index is 1.30. The zero-order valence-electron chi connectivity index (χ0n) is 24.4. The second-order valence-corrected chi connectivity index (χ2v) is 10.5. The molecular formula is C33H25F4N5O4. The number of benzene rings is 2. The monoisotopic (exact) mass is 631 g/mol. The number of carbonyl (C=O) groups is 1. The van der Waals surface area contributed by atoms with Gasteiger partial charge in [-0.1, -0.05) is 12.6 Å². The Hall–Kier alpha value is -5.35. The first-order chi connectivity index (χ1) is 22.2. The number of imidazole rings is 1. The van der Waals surface area contributed by atoms with Gasteiger partial charge in [-0.2, -0.15) is 0 Å². The number of fused-ring (bicyclic) bond motifs is 1. The summed E-state index contributed by atoms with van der Waals surface area (Å²) in [6.07, 6.45) is 1.75. The summed E-state index contributed by atoms with van der Waals surface area (Å²) in [6, 6.07) is 9.69. The molecule has 5 aromatic rings. The molecule has 1 saturated heterocycles. The van der Waals surface area contributed by atoms with Gasteiger partial charge < -0.3 is 23.6 Å². The van der Waals surface area contributed by atoms with E-state index < -0.39 is 40.5 Å².